The van der Waals surface area contributed by atoms with Gasteiger partial charge in [0.15, 0.2) is 0 Å². The van der Waals surface area contributed by atoms with Gasteiger partial charge in [-0.3, -0.25) is 0 Å². The highest BCUT2D eigenvalue weighted by Crippen LogP contribution is 2.36. The van der Waals surface area contributed by atoms with Crippen LogP contribution in [0.2, 0.25) is 0 Å². The zero-order valence-electron chi connectivity index (χ0n) is 9.92. The van der Waals surface area contributed by atoms with Gasteiger partial charge in [-0.1, -0.05) is 0 Å². The lowest BCUT2D eigenvalue weighted by atomic mass is 9.99. The van der Waals surface area contributed by atoms with Crippen molar-refractivity contribution in [3.8, 4) is 0 Å². The fraction of sp³-hybridized carbons (Fsp3) is 0.231. The summed E-state index contributed by atoms with van der Waals surface area (Å²) in [6.45, 7) is 0. The van der Waals surface area contributed by atoms with Crippen molar-refractivity contribution in [1.82, 2.24) is 0 Å². The monoisotopic (exact) mass is 368 g/mol. The molecular weight excluding hydrogens is 360 g/mol. The summed E-state index contributed by atoms with van der Waals surface area (Å²) in [6.07, 6.45) is -6.03. The fourth-order valence-corrected chi connectivity index (χ4v) is 3.35. The number of hydrogen-bond acceptors (Lipinski definition) is 2. The normalized spacial score (nSPS) is 13.5. The molecule has 0 radical (unpaired) electrons. The molecule has 1 heterocycles. The van der Waals surface area contributed by atoms with Gasteiger partial charge in [0.05, 0.1) is 15.5 Å². The first kappa shape index (κ1) is 15.5. The van der Waals surface area contributed by atoms with Gasteiger partial charge in [-0.05, 0) is 51.8 Å². The number of aliphatic hydroxyl groups is 1. The minimum Gasteiger partial charge on any atom is -0.388 e. The maximum Gasteiger partial charge on any atom is 0.416 e. The van der Waals surface area contributed by atoms with Gasteiger partial charge >= 0.3 is 6.18 Å². The van der Waals surface area contributed by atoms with Crippen molar-refractivity contribution in [2.24, 2.45) is 0 Å². The minimum absolute atomic E-state index is 0.00278. The van der Waals surface area contributed by atoms with Crippen molar-refractivity contribution >= 4 is 27.3 Å². The van der Waals surface area contributed by atoms with E-state index in [0.717, 1.165) is 15.9 Å². The van der Waals surface area contributed by atoms with Crippen LogP contribution in [0.3, 0.4) is 0 Å². The van der Waals surface area contributed by atoms with Crippen molar-refractivity contribution in [1.29, 1.82) is 0 Å². The van der Waals surface area contributed by atoms with E-state index >= 15 is 0 Å². The number of hydrogen-bond donors (Lipinski definition) is 1. The summed E-state index contributed by atoms with van der Waals surface area (Å²) >= 11 is 4.54. The van der Waals surface area contributed by atoms with Crippen molar-refractivity contribution in [2.45, 2.75) is 18.7 Å². The SMILES string of the molecule is OC(Cc1ccc(Br)s1)c1cc(F)ccc1C(F)(F)F. The molecule has 1 unspecified atom stereocenters. The zero-order valence-corrected chi connectivity index (χ0v) is 12.3. The second-order valence-electron chi connectivity index (χ2n) is 4.16. The van der Waals surface area contributed by atoms with E-state index in [0.29, 0.717) is 10.9 Å². The van der Waals surface area contributed by atoms with Crippen molar-refractivity contribution in [3.05, 3.63) is 55.9 Å². The molecule has 7 heteroatoms. The molecule has 0 aliphatic carbocycles. The Bertz CT molecular complexity index is 609. The van der Waals surface area contributed by atoms with Gasteiger partial charge in [0, 0.05) is 11.3 Å². The van der Waals surface area contributed by atoms with Crippen LogP contribution in [-0.4, -0.2) is 5.11 Å². The van der Waals surface area contributed by atoms with E-state index < -0.39 is 29.2 Å². The zero-order chi connectivity index (χ0) is 14.9. The molecule has 0 bridgehead atoms. The topological polar surface area (TPSA) is 20.2 Å². The van der Waals surface area contributed by atoms with Crippen molar-refractivity contribution in [3.63, 3.8) is 0 Å². The molecule has 1 aromatic heterocycles. The first-order chi connectivity index (χ1) is 9.27. The number of benzene rings is 1. The second kappa shape index (κ2) is 5.83. The Kier molecular flexibility index (Phi) is 4.51. The quantitative estimate of drug-likeness (QED) is 0.760. The molecule has 0 amide bonds. The number of halogens is 5. The van der Waals surface area contributed by atoms with Gasteiger partial charge in [0.25, 0.3) is 0 Å². The standard InChI is InChI=1S/C13H9BrF4OS/c14-12-4-2-8(20-12)6-11(19)9-5-7(15)1-3-10(9)13(16,17)18/h1-5,11,19H,6H2. The maximum atomic E-state index is 13.2. The summed E-state index contributed by atoms with van der Waals surface area (Å²) in [5.74, 6) is -0.806. The highest BCUT2D eigenvalue weighted by molar-refractivity contribution is 9.11. The van der Waals surface area contributed by atoms with Gasteiger partial charge < -0.3 is 5.11 Å². The summed E-state index contributed by atoms with van der Waals surface area (Å²) in [5.41, 5.74) is -1.45. The molecule has 0 saturated heterocycles. The van der Waals surface area contributed by atoms with E-state index in [-0.39, 0.29) is 6.42 Å². The molecule has 1 nitrogen and oxygen atoms in total. The van der Waals surface area contributed by atoms with Crippen LogP contribution in [0.25, 0.3) is 0 Å². The lowest BCUT2D eigenvalue weighted by Gasteiger charge is -2.17. The molecule has 2 rings (SSSR count). The molecule has 0 aliphatic rings. The average Bonchev–Trinajstić information content (AvgIpc) is 2.73. The summed E-state index contributed by atoms with van der Waals surface area (Å²) in [4.78, 5) is 0.710. The third-order valence-electron chi connectivity index (χ3n) is 2.70. The third kappa shape index (κ3) is 3.59. The van der Waals surface area contributed by atoms with Gasteiger partial charge in [-0.25, -0.2) is 4.39 Å². The first-order valence-electron chi connectivity index (χ1n) is 5.56. The van der Waals surface area contributed by atoms with Crippen LogP contribution in [0.15, 0.2) is 34.1 Å². The molecule has 0 spiro atoms. The van der Waals surface area contributed by atoms with Crippen LogP contribution in [0.5, 0.6) is 0 Å². The summed E-state index contributed by atoms with van der Waals surface area (Å²) < 4.78 is 52.5. The molecule has 2 aromatic rings. The van der Waals surface area contributed by atoms with Crippen molar-refractivity contribution < 1.29 is 22.7 Å². The Hall–Kier alpha value is -0.920. The third-order valence-corrected chi connectivity index (χ3v) is 4.35. The van der Waals surface area contributed by atoms with Crippen LogP contribution < -0.4 is 0 Å². The van der Waals surface area contributed by atoms with Gasteiger partial charge in [-0.2, -0.15) is 13.2 Å². The predicted octanol–water partition coefficient (Wildman–Crippen LogP) is 4.94. The number of rotatable bonds is 3. The largest absolute Gasteiger partial charge is 0.416 e. The Labute approximate surface area is 125 Å². The van der Waals surface area contributed by atoms with E-state index in [1.165, 1.54) is 11.3 Å². The molecule has 0 saturated carbocycles. The van der Waals surface area contributed by atoms with Gasteiger partial charge in [-0.15, -0.1) is 11.3 Å². The molecule has 20 heavy (non-hydrogen) atoms. The molecule has 108 valence electrons. The van der Waals surface area contributed by atoms with Gasteiger partial charge in [0.1, 0.15) is 5.82 Å². The Morgan fingerprint density at radius 3 is 2.45 bits per heavy atom. The van der Waals surface area contributed by atoms with Crippen LogP contribution in [0, 0.1) is 5.82 Å². The highest BCUT2D eigenvalue weighted by Gasteiger charge is 2.35. The maximum absolute atomic E-state index is 13.2. The van der Waals surface area contributed by atoms with Crippen LogP contribution in [0.1, 0.15) is 22.1 Å². The van der Waals surface area contributed by atoms with E-state index in [9.17, 15) is 22.7 Å². The fourth-order valence-electron chi connectivity index (χ4n) is 1.83. The second-order valence-corrected chi connectivity index (χ2v) is 6.70. The molecule has 1 atom stereocenters. The smallest absolute Gasteiger partial charge is 0.388 e. The summed E-state index contributed by atoms with van der Waals surface area (Å²) in [7, 11) is 0. The van der Waals surface area contributed by atoms with Crippen LogP contribution in [-0.2, 0) is 12.6 Å². The van der Waals surface area contributed by atoms with Crippen LogP contribution >= 0.6 is 27.3 Å². The summed E-state index contributed by atoms with van der Waals surface area (Å²) in [5, 5.41) is 9.98. The van der Waals surface area contributed by atoms with E-state index in [2.05, 4.69) is 15.9 Å². The van der Waals surface area contributed by atoms with Gasteiger partial charge in [0.2, 0.25) is 0 Å². The van der Waals surface area contributed by atoms with E-state index in [1.54, 1.807) is 12.1 Å². The van der Waals surface area contributed by atoms with E-state index in [4.69, 9.17) is 0 Å². The molecule has 0 fully saturated rings. The Balaban J connectivity index is 2.33. The Morgan fingerprint density at radius 2 is 1.90 bits per heavy atom. The Morgan fingerprint density at radius 1 is 1.20 bits per heavy atom. The lowest BCUT2D eigenvalue weighted by Crippen LogP contribution is -2.13. The number of aliphatic hydroxyl groups excluding tert-OH is 1. The highest BCUT2D eigenvalue weighted by atomic mass is 79.9. The number of thiophene rings is 1. The molecule has 1 aromatic carbocycles. The average molecular weight is 369 g/mol. The molecular formula is C13H9BrF4OS. The summed E-state index contributed by atoms with van der Waals surface area (Å²) in [6, 6.07) is 5.56. The number of alkyl halides is 3. The predicted molar refractivity (Wildman–Crippen MR) is 72.1 cm³/mol. The molecule has 0 aliphatic heterocycles. The van der Waals surface area contributed by atoms with Crippen molar-refractivity contribution in [2.75, 3.05) is 0 Å². The lowest BCUT2D eigenvalue weighted by molar-refractivity contribution is -0.139. The van der Waals surface area contributed by atoms with Crippen LogP contribution in [0.4, 0.5) is 17.6 Å². The molecule has 1 N–H and O–H groups in total. The van der Waals surface area contributed by atoms with E-state index in [1.807, 2.05) is 0 Å². The first-order valence-corrected chi connectivity index (χ1v) is 7.17. The minimum atomic E-state index is -4.62.